The van der Waals surface area contributed by atoms with Crippen molar-refractivity contribution in [1.82, 2.24) is 9.97 Å². The zero-order valence-electron chi connectivity index (χ0n) is 11.4. The Morgan fingerprint density at radius 1 is 1.28 bits per heavy atom. The number of hydrogen-bond acceptors (Lipinski definition) is 3. The first-order valence-electron chi connectivity index (χ1n) is 6.87. The highest BCUT2D eigenvalue weighted by Gasteiger charge is 2.21. The Morgan fingerprint density at radius 2 is 2.00 bits per heavy atom. The Balaban J connectivity index is 2.12. The average molecular weight is 268 g/mol. The van der Waals surface area contributed by atoms with E-state index >= 15 is 0 Å². The van der Waals surface area contributed by atoms with Gasteiger partial charge in [-0.25, -0.2) is 9.97 Å². The molecule has 100 valence electrons. The monoisotopic (exact) mass is 267 g/mol. The van der Waals surface area contributed by atoms with Crippen LogP contribution in [0.3, 0.4) is 0 Å². The van der Waals surface area contributed by atoms with E-state index < -0.39 is 0 Å². The van der Waals surface area contributed by atoms with E-state index in [9.17, 15) is 0 Å². The number of nitrogens with zero attached hydrogens (tertiary/aromatic N) is 2. The first-order chi connectivity index (χ1) is 8.56. The summed E-state index contributed by atoms with van der Waals surface area (Å²) >= 11 is 6.06. The Hall–Kier alpha value is -0.830. The summed E-state index contributed by atoms with van der Waals surface area (Å²) < 4.78 is 0. The van der Waals surface area contributed by atoms with Crippen LogP contribution in [0.25, 0.3) is 0 Å². The van der Waals surface area contributed by atoms with Crippen molar-refractivity contribution >= 4 is 17.4 Å². The summed E-state index contributed by atoms with van der Waals surface area (Å²) in [4.78, 5) is 8.81. The van der Waals surface area contributed by atoms with Gasteiger partial charge in [0.05, 0.1) is 0 Å². The second-order valence-corrected chi connectivity index (χ2v) is 5.99. The predicted octanol–water partition coefficient (Wildman–Crippen LogP) is 4.24. The van der Waals surface area contributed by atoms with Gasteiger partial charge in [-0.15, -0.1) is 0 Å². The summed E-state index contributed by atoms with van der Waals surface area (Å²) in [6.07, 6.45) is 5.17. The second-order valence-electron chi connectivity index (χ2n) is 5.60. The quantitative estimate of drug-likeness (QED) is 0.832. The van der Waals surface area contributed by atoms with Crippen LogP contribution in [-0.2, 0) is 0 Å². The highest BCUT2D eigenvalue weighted by atomic mass is 35.5. The lowest BCUT2D eigenvalue weighted by Crippen LogP contribution is -2.30. The molecule has 1 aliphatic rings. The lowest BCUT2D eigenvalue weighted by molar-refractivity contribution is 0.349. The van der Waals surface area contributed by atoms with Gasteiger partial charge in [-0.1, -0.05) is 45.2 Å². The van der Waals surface area contributed by atoms with Gasteiger partial charge in [0.1, 0.15) is 16.8 Å². The molecule has 0 radical (unpaired) electrons. The second kappa shape index (κ2) is 5.87. The van der Waals surface area contributed by atoms with Crippen molar-refractivity contribution in [1.29, 1.82) is 0 Å². The largest absolute Gasteiger partial charge is 0.367 e. The number of anilines is 1. The normalized spacial score (nSPS) is 24.3. The highest BCUT2D eigenvalue weighted by Crippen LogP contribution is 2.27. The van der Waals surface area contributed by atoms with Gasteiger partial charge in [-0.3, -0.25) is 0 Å². The molecular formula is C14H22ClN3. The number of nitrogens with one attached hydrogen (secondary N) is 1. The minimum atomic E-state index is 0.299. The zero-order valence-corrected chi connectivity index (χ0v) is 12.2. The van der Waals surface area contributed by atoms with E-state index in [-0.39, 0.29) is 0 Å². The first kappa shape index (κ1) is 13.6. The maximum Gasteiger partial charge on any atom is 0.135 e. The van der Waals surface area contributed by atoms with Crippen LogP contribution in [-0.4, -0.2) is 16.0 Å². The third kappa shape index (κ3) is 3.35. The third-order valence-electron chi connectivity index (χ3n) is 3.67. The molecule has 1 aromatic rings. The van der Waals surface area contributed by atoms with Crippen LogP contribution in [0.5, 0.6) is 0 Å². The Kier molecular flexibility index (Phi) is 4.44. The molecule has 1 aromatic heterocycles. The fourth-order valence-corrected chi connectivity index (χ4v) is 2.68. The van der Waals surface area contributed by atoms with Crippen molar-refractivity contribution in [2.45, 2.75) is 58.4 Å². The maximum atomic E-state index is 6.06. The van der Waals surface area contributed by atoms with Crippen molar-refractivity contribution in [3.63, 3.8) is 0 Å². The van der Waals surface area contributed by atoms with Crippen LogP contribution in [0.2, 0.25) is 5.15 Å². The van der Waals surface area contributed by atoms with Crippen molar-refractivity contribution in [2.75, 3.05) is 5.32 Å². The molecule has 2 atom stereocenters. The molecule has 0 bridgehead atoms. The zero-order chi connectivity index (χ0) is 13.1. The molecule has 1 heterocycles. The lowest BCUT2D eigenvalue weighted by atomic mass is 9.86. The molecule has 18 heavy (non-hydrogen) atoms. The van der Waals surface area contributed by atoms with Gasteiger partial charge in [-0.05, 0) is 18.8 Å². The number of aromatic nitrogens is 2. The molecule has 0 spiro atoms. The molecule has 0 amide bonds. The van der Waals surface area contributed by atoms with Gasteiger partial charge in [0, 0.05) is 18.0 Å². The fourth-order valence-electron chi connectivity index (χ4n) is 2.49. The van der Waals surface area contributed by atoms with Gasteiger partial charge in [-0.2, -0.15) is 0 Å². The topological polar surface area (TPSA) is 37.8 Å². The van der Waals surface area contributed by atoms with Gasteiger partial charge in [0.25, 0.3) is 0 Å². The first-order valence-corrected chi connectivity index (χ1v) is 7.25. The molecule has 1 saturated carbocycles. The van der Waals surface area contributed by atoms with Gasteiger partial charge in [0.15, 0.2) is 0 Å². The molecule has 2 unspecified atom stereocenters. The van der Waals surface area contributed by atoms with Crippen LogP contribution in [0.15, 0.2) is 6.07 Å². The standard InChI is InChI=1S/C14H22ClN3/c1-9(2)14-17-12(15)8-13(18-14)16-11-7-5-4-6-10(11)3/h8-11H,4-7H2,1-3H3,(H,16,17,18). The van der Waals surface area contributed by atoms with Crippen LogP contribution in [0.4, 0.5) is 5.82 Å². The number of rotatable bonds is 3. The molecular weight excluding hydrogens is 246 g/mol. The molecule has 0 saturated heterocycles. The molecule has 1 N–H and O–H groups in total. The van der Waals surface area contributed by atoms with E-state index in [0.29, 0.717) is 23.0 Å². The molecule has 4 heteroatoms. The van der Waals surface area contributed by atoms with Crippen molar-refractivity contribution in [2.24, 2.45) is 5.92 Å². The van der Waals surface area contributed by atoms with E-state index in [1.165, 1.54) is 25.7 Å². The number of halogens is 1. The summed E-state index contributed by atoms with van der Waals surface area (Å²) in [5.41, 5.74) is 0. The molecule has 2 rings (SSSR count). The average Bonchev–Trinajstić information content (AvgIpc) is 2.31. The van der Waals surface area contributed by atoms with E-state index in [2.05, 4.69) is 36.1 Å². The summed E-state index contributed by atoms with van der Waals surface area (Å²) in [6, 6.07) is 2.35. The van der Waals surface area contributed by atoms with Crippen molar-refractivity contribution in [3.8, 4) is 0 Å². The van der Waals surface area contributed by atoms with Gasteiger partial charge >= 0.3 is 0 Å². The summed E-state index contributed by atoms with van der Waals surface area (Å²) in [6.45, 7) is 6.47. The predicted molar refractivity (Wildman–Crippen MR) is 76.2 cm³/mol. The maximum absolute atomic E-state index is 6.06. The minimum absolute atomic E-state index is 0.299. The third-order valence-corrected chi connectivity index (χ3v) is 3.87. The fraction of sp³-hybridized carbons (Fsp3) is 0.714. The van der Waals surface area contributed by atoms with Crippen LogP contribution >= 0.6 is 11.6 Å². The smallest absolute Gasteiger partial charge is 0.135 e. The van der Waals surface area contributed by atoms with Crippen LogP contribution in [0, 0.1) is 5.92 Å². The molecule has 0 aliphatic heterocycles. The van der Waals surface area contributed by atoms with Gasteiger partial charge in [0.2, 0.25) is 0 Å². The van der Waals surface area contributed by atoms with Crippen molar-refractivity contribution < 1.29 is 0 Å². The van der Waals surface area contributed by atoms with Crippen LogP contribution < -0.4 is 5.32 Å². The molecule has 1 aliphatic carbocycles. The Morgan fingerprint density at radius 3 is 2.67 bits per heavy atom. The van der Waals surface area contributed by atoms with Gasteiger partial charge < -0.3 is 5.32 Å². The van der Waals surface area contributed by atoms with Crippen LogP contribution in [0.1, 0.15) is 58.2 Å². The minimum Gasteiger partial charge on any atom is -0.367 e. The van der Waals surface area contributed by atoms with E-state index in [1.807, 2.05) is 6.07 Å². The van der Waals surface area contributed by atoms with E-state index in [1.54, 1.807) is 0 Å². The summed E-state index contributed by atoms with van der Waals surface area (Å²) in [5.74, 6) is 2.69. The molecule has 0 aromatic carbocycles. The SMILES string of the molecule is CC(C)c1nc(Cl)cc(NC2CCCCC2C)n1. The Labute approximate surface area is 114 Å². The molecule has 3 nitrogen and oxygen atoms in total. The number of hydrogen-bond donors (Lipinski definition) is 1. The summed E-state index contributed by atoms with van der Waals surface area (Å²) in [7, 11) is 0. The lowest BCUT2D eigenvalue weighted by Gasteiger charge is -2.30. The Bertz CT molecular complexity index is 406. The molecule has 1 fully saturated rings. The van der Waals surface area contributed by atoms with E-state index in [0.717, 1.165) is 11.6 Å². The van der Waals surface area contributed by atoms with E-state index in [4.69, 9.17) is 11.6 Å². The summed E-state index contributed by atoms with van der Waals surface area (Å²) in [5, 5.41) is 4.06. The highest BCUT2D eigenvalue weighted by molar-refractivity contribution is 6.29. The van der Waals surface area contributed by atoms with Crippen molar-refractivity contribution in [3.05, 3.63) is 17.0 Å².